The normalized spacial score (nSPS) is 18.2. The third-order valence-corrected chi connectivity index (χ3v) is 3.60. The molecule has 0 radical (unpaired) electrons. The van der Waals surface area contributed by atoms with E-state index in [2.05, 4.69) is 0 Å². The Bertz CT molecular complexity index is 491. The number of aryl methyl sites for hydroxylation is 1. The van der Waals surface area contributed by atoms with Crippen LogP contribution in [0.4, 0.5) is 0 Å². The Morgan fingerprint density at radius 1 is 1.33 bits per heavy atom. The van der Waals surface area contributed by atoms with Crippen molar-refractivity contribution in [1.82, 2.24) is 4.90 Å². The molecule has 0 saturated carbocycles. The van der Waals surface area contributed by atoms with Crippen molar-refractivity contribution >= 4 is 11.7 Å². The Labute approximate surface area is 108 Å². The molecule has 0 bridgehead atoms. The third-order valence-electron chi connectivity index (χ3n) is 3.60. The van der Waals surface area contributed by atoms with Crippen molar-refractivity contribution in [3.05, 3.63) is 35.4 Å². The molecular formula is C15H19NO2. The van der Waals surface area contributed by atoms with Crippen LogP contribution in [0.1, 0.15) is 31.4 Å². The lowest BCUT2D eigenvalue weighted by molar-refractivity contribution is -0.134. The van der Waals surface area contributed by atoms with Gasteiger partial charge < -0.3 is 4.90 Å². The number of benzene rings is 1. The smallest absolute Gasteiger partial charge is 0.227 e. The highest BCUT2D eigenvalue weighted by atomic mass is 16.2. The van der Waals surface area contributed by atoms with Crippen LogP contribution in [0, 0.1) is 6.92 Å². The molecule has 96 valence electrons. The fourth-order valence-electron chi connectivity index (χ4n) is 2.52. The van der Waals surface area contributed by atoms with E-state index < -0.39 is 0 Å². The maximum atomic E-state index is 12.3. The number of ketones is 1. The molecule has 0 spiro atoms. The summed E-state index contributed by atoms with van der Waals surface area (Å²) in [6.45, 7) is 6.17. The second-order valence-electron chi connectivity index (χ2n) is 5.61. The van der Waals surface area contributed by atoms with Gasteiger partial charge in [-0.3, -0.25) is 9.59 Å². The van der Waals surface area contributed by atoms with Gasteiger partial charge in [-0.2, -0.15) is 0 Å². The number of carbonyl (C=O) groups excluding carboxylic acids is 2. The minimum absolute atomic E-state index is 0.0418. The van der Waals surface area contributed by atoms with Gasteiger partial charge in [0.05, 0.1) is 13.0 Å². The number of rotatable bonds is 2. The fourth-order valence-corrected chi connectivity index (χ4v) is 2.52. The summed E-state index contributed by atoms with van der Waals surface area (Å²) >= 11 is 0. The van der Waals surface area contributed by atoms with E-state index in [1.54, 1.807) is 4.90 Å². The zero-order valence-electron chi connectivity index (χ0n) is 11.2. The number of amides is 1. The van der Waals surface area contributed by atoms with Crippen LogP contribution in [0.25, 0.3) is 0 Å². The van der Waals surface area contributed by atoms with E-state index in [4.69, 9.17) is 0 Å². The van der Waals surface area contributed by atoms with Crippen LogP contribution in [0.2, 0.25) is 0 Å². The van der Waals surface area contributed by atoms with Gasteiger partial charge in [0.15, 0.2) is 5.78 Å². The summed E-state index contributed by atoms with van der Waals surface area (Å²) < 4.78 is 0. The summed E-state index contributed by atoms with van der Waals surface area (Å²) in [4.78, 5) is 25.5. The van der Waals surface area contributed by atoms with Crippen molar-refractivity contribution in [1.29, 1.82) is 0 Å². The van der Waals surface area contributed by atoms with Crippen LogP contribution < -0.4 is 0 Å². The Balaban J connectivity index is 2.14. The Morgan fingerprint density at radius 3 is 2.56 bits per heavy atom. The van der Waals surface area contributed by atoms with E-state index in [1.165, 1.54) is 0 Å². The Morgan fingerprint density at radius 2 is 2.00 bits per heavy atom. The predicted octanol–water partition coefficient (Wildman–Crippen LogP) is 2.12. The maximum absolute atomic E-state index is 12.3. The molecule has 1 heterocycles. The average Bonchev–Trinajstić information content (AvgIpc) is 2.55. The molecule has 0 aliphatic carbocycles. The summed E-state index contributed by atoms with van der Waals surface area (Å²) in [5.74, 6) is 0.193. The first kappa shape index (κ1) is 12.8. The van der Waals surface area contributed by atoms with Crippen molar-refractivity contribution in [3.63, 3.8) is 0 Å². The summed E-state index contributed by atoms with van der Waals surface area (Å²) in [5, 5.41) is 0. The number of carbonyl (C=O) groups is 2. The topological polar surface area (TPSA) is 37.4 Å². The first-order valence-corrected chi connectivity index (χ1v) is 6.27. The monoisotopic (exact) mass is 245 g/mol. The molecule has 1 aromatic carbocycles. The van der Waals surface area contributed by atoms with Gasteiger partial charge in [0.25, 0.3) is 0 Å². The van der Waals surface area contributed by atoms with Gasteiger partial charge in [-0.25, -0.2) is 0 Å². The van der Waals surface area contributed by atoms with Gasteiger partial charge in [-0.1, -0.05) is 24.3 Å². The molecule has 1 amide bonds. The molecular weight excluding hydrogens is 226 g/mol. The SMILES string of the molecule is Cc1ccccc1CC(=O)N1CC(=O)CC1(C)C. The number of hydrogen-bond acceptors (Lipinski definition) is 2. The second kappa shape index (κ2) is 4.56. The molecule has 2 rings (SSSR count). The summed E-state index contributed by atoms with van der Waals surface area (Å²) in [5.41, 5.74) is 1.82. The van der Waals surface area contributed by atoms with Crippen LogP contribution >= 0.6 is 0 Å². The van der Waals surface area contributed by atoms with Crippen LogP contribution in [0.3, 0.4) is 0 Å². The molecule has 0 atom stereocenters. The van der Waals surface area contributed by atoms with E-state index in [0.717, 1.165) is 11.1 Å². The molecule has 18 heavy (non-hydrogen) atoms. The maximum Gasteiger partial charge on any atom is 0.227 e. The summed E-state index contributed by atoms with van der Waals surface area (Å²) in [6.07, 6.45) is 0.843. The van der Waals surface area contributed by atoms with E-state index in [1.807, 2.05) is 45.0 Å². The lowest BCUT2D eigenvalue weighted by Crippen LogP contribution is -2.43. The van der Waals surface area contributed by atoms with Crippen molar-refractivity contribution in [2.45, 2.75) is 39.2 Å². The van der Waals surface area contributed by atoms with Gasteiger partial charge in [-0.05, 0) is 31.9 Å². The Kier molecular flexibility index (Phi) is 3.24. The van der Waals surface area contributed by atoms with Crippen molar-refractivity contribution in [2.24, 2.45) is 0 Å². The van der Waals surface area contributed by atoms with E-state index in [0.29, 0.717) is 12.8 Å². The van der Waals surface area contributed by atoms with Crippen molar-refractivity contribution < 1.29 is 9.59 Å². The van der Waals surface area contributed by atoms with Crippen LogP contribution in [0.5, 0.6) is 0 Å². The quantitative estimate of drug-likeness (QED) is 0.800. The van der Waals surface area contributed by atoms with Gasteiger partial charge in [-0.15, -0.1) is 0 Å². The zero-order chi connectivity index (χ0) is 13.3. The average molecular weight is 245 g/mol. The van der Waals surface area contributed by atoms with Gasteiger partial charge in [0.2, 0.25) is 5.91 Å². The number of Topliss-reactive ketones (excluding diaryl/α,β-unsaturated/α-hetero) is 1. The highest BCUT2D eigenvalue weighted by molar-refractivity contribution is 5.91. The summed E-state index contributed by atoms with van der Waals surface area (Å²) in [6, 6.07) is 7.88. The van der Waals surface area contributed by atoms with Crippen LogP contribution in [-0.2, 0) is 16.0 Å². The molecule has 1 fully saturated rings. The van der Waals surface area contributed by atoms with Crippen LogP contribution in [0.15, 0.2) is 24.3 Å². The highest BCUT2D eigenvalue weighted by Gasteiger charge is 2.39. The number of likely N-dealkylation sites (tertiary alicyclic amines) is 1. The van der Waals surface area contributed by atoms with E-state index >= 15 is 0 Å². The summed E-state index contributed by atoms with van der Waals surface area (Å²) in [7, 11) is 0. The van der Waals surface area contributed by atoms with Crippen molar-refractivity contribution in [3.8, 4) is 0 Å². The van der Waals surface area contributed by atoms with Crippen molar-refractivity contribution in [2.75, 3.05) is 6.54 Å². The standard InChI is InChI=1S/C15H19NO2/c1-11-6-4-5-7-12(11)8-14(18)16-10-13(17)9-15(16,2)3/h4-7H,8-10H2,1-3H3. The first-order chi connectivity index (χ1) is 8.40. The van der Waals surface area contributed by atoms with E-state index in [9.17, 15) is 9.59 Å². The molecule has 0 unspecified atom stereocenters. The highest BCUT2D eigenvalue weighted by Crippen LogP contribution is 2.27. The number of nitrogens with zero attached hydrogens (tertiary/aromatic N) is 1. The van der Waals surface area contributed by atoms with Gasteiger partial charge in [0.1, 0.15) is 0 Å². The Hall–Kier alpha value is -1.64. The molecule has 3 nitrogen and oxygen atoms in total. The fraction of sp³-hybridized carbons (Fsp3) is 0.467. The molecule has 3 heteroatoms. The molecule has 1 aliphatic heterocycles. The van der Waals surface area contributed by atoms with Gasteiger partial charge in [0, 0.05) is 12.0 Å². The molecule has 1 aromatic rings. The molecule has 0 aromatic heterocycles. The van der Waals surface area contributed by atoms with E-state index in [-0.39, 0.29) is 23.8 Å². The molecule has 1 saturated heterocycles. The third kappa shape index (κ3) is 2.45. The minimum Gasteiger partial charge on any atom is -0.330 e. The lowest BCUT2D eigenvalue weighted by Gasteiger charge is -2.30. The molecule has 0 N–H and O–H groups in total. The zero-order valence-corrected chi connectivity index (χ0v) is 11.2. The van der Waals surface area contributed by atoms with Crippen LogP contribution in [-0.4, -0.2) is 28.7 Å². The molecule has 1 aliphatic rings. The largest absolute Gasteiger partial charge is 0.330 e. The second-order valence-corrected chi connectivity index (χ2v) is 5.61. The van der Waals surface area contributed by atoms with Gasteiger partial charge >= 0.3 is 0 Å². The number of hydrogen-bond donors (Lipinski definition) is 0. The predicted molar refractivity (Wildman–Crippen MR) is 70.3 cm³/mol. The minimum atomic E-state index is -0.336. The lowest BCUT2D eigenvalue weighted by atomic mass is 10.00. The first-order valence-electron chi connectivity index (χ1n) is 6.27.